The molecule has 0 saturated carbocycles. The first kappa shape index (κ1) is 13.0. The summed E-state index contributed by atoms with van der Waals surface area (Å²) in [5, 5.41) is 11.1. The van der Waals surface area contributed by atoms with Crippen LogP contribution in [0.2, 0.25) is 0 Å². The highest BCUT2D eigenvalue weighted by Crippen LogP contribution is 2.14. The number of hydrogen-bond donors (Lipinski definition) is 2. The minimum absolute atomic E-state index is 0.0522. The molecule has 0 amide bonds. The Morgan fingerprint density at radius 1 is 1.19 bits per heavy atom. The summed E-state index contributed by atoms with van der Waals surface area (Å²) in [4.78, 5) is 0. The Bertz CT molecular complexity index is 303. The maximum atomic E-state index is 5.48. The van der Waals surface area contributed by atoms with E-state index in [0.717, 1.165) is 32.2 Å². The van der Waals surface area contributed by atoms with Crippen molar-refractivity contribution < 1.29 is 4.42 Å². The molecule has 92 valence electrons. The molecule has 0 bridgehead atoms. The second kappa shape index (κ2) is 5.84. The Balaban J connectivity index is 2.34. The maximum absolute atomic E-state index is 5.48. The summed E-state index contributed by atoms with van der Waals surface area (Å²) in [6.45, 7) is 6.91. The highest BCUT2D eigenvalue weighted by atomic mass is 16.4. The summed E-state index contributed by atoms with van der Waals surface area (Å²) >= 11 is 0. The van der Waals surface area contributed by atoms with Gasteiger partial charge in [0.2, 0.25) is 5.89 Å². The van der Waals surface area contributed by atoms with E-state index in [9.17, 15) is 0 Å². The monoisotopic (exact) mass is 226 g/mol. The SMILES string of the molecule is CC(C)(C)Nc1nnc(CCCCCN)o1. The van der Waals surface area contributed by atoms with Crippen molar-refractivity contribution in [3.8, 4) is 0 Å². The van der Waals surface area contributed by atoms with Crippen LogP contribution in [0.1, 0.15) is 45.9 Å². The predicted octanol–water partition coefficient (Wildman–Crippen LogP) is 1.95. The van der Waals surface area contributed by atoms with Gasteiger partial charge in [0.05, 0.1) is 0 Å². The maximum Gasteiger partial charge on any atom is 0.315 e. The van der Waals surface area contributed by atoms with Crippen LogP contribution in [-0.4, -0.2) is 22.3 Å². The van der Waals surface area contributed by atoms with Gasteiger partial charge in [-0.25, -0.2) is 0 Å². The van der Waals surface area contributed by atoms with Gasteiger partial charge in [-0.05, 0) is 40.2 Å². The summed E-state index contributed by atoms with van der Waals surface area (Å²) in [7, 11) is 0. The van der Waals surface area contributed by atoms with Gasteiger partial charge in [-0.3, -0.25) is 0 Å². The first-order valence-corrected chi connectivity index (χ1v) is 5.82. The molecule has 0 spiro atoms. The van der Waals surface area contributed by atoms with E-state index in [-0.39, 0.29) is 5.54 Å². The number of nitrogens with two attached hydrogens (primary N) is 1. The largest absolute Gasteiger partial charge is 0.408 e. The van der Waals surface area contributed by atoms with E-state index in [4.69, 9.17) is 10.2 Å². The number of aryl methyl sites for hydroxylation is 1. The van der Waals surface area contributed by atoms with Crippen molar-refractivity contribution in [2.75, 3.05) is 11.9 Å². The molecule has 0 aromatic carbocycles. The Morgan fingerprint density at radius 3 is 2.56 bits per heavy atom. The average molecular weight is 226 g/mol. The van der Waals surface area contributed by atoms with Crippen molar-refractivity contribution in [3.05, 3.63) is 5.89 Å². The zero-order valence-corrected chi connectivity index (χ0v) is 10.4. The van der Waals surface area contributed by atoms with Gasteiger partial charge in [0, 0.05) is 12.0 Å². The van der Waals surface area contributed by atoms with Crippen LogP contribution < -0.4 is 11.1 Å². The van der Waals surface area contributed by atoms with Gasteiger partial charge in [0.25, 0.3) is 0 Å². The lowest BCUT2D eigenvalue weighted by atomic mass is 10.1. The van der Waals surface area contributed by atoms with Crippen LogP contribution in [0.5, 0.6) is 0 Å². The van der Waals surface area contributed by atoms with Gasteiger partial charge >= 0.3 is 6.01 Å². The van der Waals surface area contributed by atoms with Crippen LogP contribution in [-0.2, 0) is 6.42 Å². The summed E-state index contributed by atoms with van der Waals surface area (Å²) in [5.41, 5.74) is 5.37. The fraction of sp³-hybridized carbons (Fsp3) is 0.818. The topological polar surface area (TPSA) is 77.0 Å². The van der Waals surface area contributed by atoms with E-state index in [1.165, 1.54) is 0 Å². The molecule has 1 aromatic rings. The number of anilines is 1. The quantitative estimate of drug-likeness (QED) is 0.725. The van der Waals surface area contributed by atoms with Gasteiger partial charge in [-0.2, -0.15) is 0 Å². The molecule has 1 heterocycles. The van der Waals surface area contributed by atoms with Crippen LogP contribution >= 0.6 is 0 Å². The highest BCUT2D eigenvalue weighted by Gasteiger charge is 2.13. The van der Waals surface area contributed by atoms with Gasteiger partial charge in [-0.1, -0.05) is 11.5 Å². The van der Waals surface area contributed by atoms with Gasteiger partial charge in [0.1, 0.15) is 0 Å². The van der Waals surface area contributed by atoms with Gasteiger partial charge in [-0.15, -0.1) is 5.10 Å². The molecule has 0 saturated heterocycles. The normalized spacial score (nSPS) is 11.8. The average Bonchev–Trinajstić information content (AvgIpc) is 2.58. The van der Waals surface area contributed by atoms with Crippen LogP contribution in [0.4, 0.5) is 6.01 Å². The molecule has 0 fully saturated rings. The van der Waals surface area contributed by atoms with E-state index >= 15 is 0 Å². The molecule has 5 nitrogen and oxygen atoms in total. The van der Waals surface area contributed by atoms with E-state index in [2.05, 4.69) is 36.3 Å². The van der Waals surface area contributed by atoms with Crippen molar-refractivity contribution in [2.24, 2.45) is 5.73 Å². The van der Waals surface area contributed by atoms with E-state index in [0.29, 0.717) is 11.9 Å². The Kier molecular flexibility index (Phi) is 4.73. The standard InChI is InChI=1S/C11H22N4O/c1-11(2,3)13-10-15-14-9(16-10)7-5-4-6-8-12/h4-8,12H2,1-3H3,(H,13,15). The third-order valence-electron chi connectivity index (χ3n) is 2.04. The fourth-order valence-electron chi connectivity index (χ4n) is 1.32. The van der Waals surface area contributed by atoms with Crippen LogP contribution in [0.15, 0.2) is 4.42 Å². The zero-order valence-electron chi connectivity index (χ0n) is 10.4. The molecule has 16 heavy (non-hydrogen) atoms. The predicted molar refractivity (Wildman–Crippen MR) is 64.3 cm³/mol. The molecule has 1 rings (SSSR count). The molecule has 0 atom stereocenters. The van der Waals surface area contributed by atoms with Crippen LogP contribution in [0.25, 0.3) is 0 Å². The van der Waals surface area contributed by atoms with Crippen LogP contribution in [0, 0.1) is 0 Å². The number of nitrogens with one attached hydrogen (secondary N) is 1. The third kappa shape index (κ3) is 5.11. The number of nitrogens with zero attached hydrogens (tertiary/aromatic N) is 2. The lowest BCUT2D eigenvalue weighted by Crippen LogP contribution is -2.26. The Morgan fingerprint density at radius 2 is 1.94 bits per heavy atom. The number of unbranched alkanes of at least 4 members (excludes halogenated alkanes) is 2. The molecule has 0 unspecified atom stereocenters. The second-order valence-corrected chi connectivity index (χ2v) is 4.98. The lowest BCUT2D eigenvalue weighted by molar-refractivity contribution is 0.475. The number of aromatic nitrogens is 2. The molecule has 0 radical (unpaired) electrons. The van der Waals surface area contributed by atoms with E-state index < -0.39 is 0 Å². The van der Waals surface area contributed by atoms with Crippen molar-refractivity contribution in [2.45, 2.75) is 52.0 Å². The number of hydrogen-bond acceptors (Lipinski definition) is 5. The van der Waals surface area contributed by atoms with Gasteiger partial charge in [0.15, 0.2) is 0 Å². The Hall–Kier alpha value is -1.10. The smallest absolute Gasteiger partial charge is 0.315 e. The second-order valence-electron chi connectivity index (χ2n) is 4.98. The lowest BCUT2D eigenvalue weighted by Gasteiger charge is -2.17. The Labute approximate surface area is 96.8 Å². The minimum Gasteiger partial charge on any atom is -0.408 e. The van der Waals surface area contributed by atoms with Crippen molar-refractivity contribution in [3.63, 3.8) is 0 Å². The minimum atomic E-state index is -0.0522. The fourth-order valence-corrected chi connectivity index (χ4v) is 1.32. The van der Waals surface area contributed by atoms with Crippen LogP contribution in [0.3, 0.4) is 0 Å². The molecule has 5 heteroatoms. The first-order valence-electron chi connectivity index (χ1n) is 5.82. The first-order chi connectivity index (χ1) is 7.51. The molecule has 0 aliphatic carbocycles. The summed E-state index contributed by atoms with van der Waals surface area (Å²) in [6.07, 6.45) is 4.05. The summed E-state index contributed by atoms with van der Waals surface area (Å²) in [5.74, 6) is 0.698. The van der Waals surface area contributed by atoms with E-state index in [1.54, 1.807) is 0 Å². The van der Waals surface area contributed by atoms with Gasteiger partial charge < -0.3 is 15.5 Å². The van der Waals surface area contributed by atoms with Crippen molar-refractivity contribution >= 4 is 6.01 Å². The molecular weight excluding hydrogens is 204 g/mol. The molecule has 3 N–H and O–H groups in total. The molecule has 0 aliphatic heterocycles. The molecular formula is C11H22N4O. The third-order valence-corrected chi connectivity index (χ3v) is 2.04. The summed E-state index contributed by atoms with van der Waals surface area (Å²) < 4.78 is 5.48. The molecule has 1 aromatic heterocycles. The highest BCUT2D eigenvalue weighted by molar-refractivity contribution is 5.21. The van der Waals surface area contributed by atoms with Crippen molar-refractivity contribution in [1.29, 1.82) is 0 Å². The zero-order chi connectivity index (χ0) is 12.0. The van der Waals surface area contributed by atoms with E-state index in [1.807, 2.05) is 0 Å². The van der Waals surface area contributed by atoms with Crippen molar-refractivity contribution in [1.82, 2.24) is 10.2 Å². The summed E-state index contributed by atoms with van der Waals surface area (Å²) in [6, 6.07) is 0.501. The number of rotatable bonds is 6. The molecule has 0 aliphatic rings.